The minimum atomic E-state index is -1.57. The molecule has 0 radical (unpaired) electrons. The Labute approximate surface area is 202 Å². The van der Waals surface area contributed by atoms with E-state index in [1.807, 2.05) is 31.2 Å². The van der Waals surface area contributed by atoms with E-state index in [1.54, 1.807) is 13.1 Å². The van der Waals surface area contributed by atoms with Gasteiger partial charge in [-0.15, -0.1) is 0 Å². The maximum atomic E-state index is 13.2. The molecule has 0 saturated carbocycles. The number of aliphatic carboxylic acids is 1. The van der Waals surface area contributed by atoms with Gasteiger partial charge in [0.15, 0.2) is 0 Å². The Morgan fingerprint density at radius 3 is 2.29 bits per heavy atom. The molecule has 4 amide bonds. The third kappa shape index (κ3) is 7.54. The Balaban J connectivity index is 2.34. The van der Waals surface area contributed by atoms with Crippen LogP contribution in [0.1, 0.15) is 32.3 Å². The van der Waals surface area contributed by atoms with E-state index in [0.717, 1.165) is 10.9 Å². The molecule has 190 valence electrons. The van der Waals surface area contributed by atoms with E-state index in [0.29, 0.717) is 12.0 Å². The van der Waals surface area contributed by atoms with Crippen molar-refractivity contribution in [3.63, 3.8) is 0 Å². The summed E-state index contributed by atoms with van der Waals surface area (Å²) < 4.78 is 0. The molecule has 0 aliphatic carbocycles. The van der Waals surface area contributed by atoms with Crippen molar-refractivity contribution in [1.29, 1.82) is 0 Å². The monoisotopic (exact) mass is 488 g/mol. The van der Waals surface area contributed by atoms with Gasteiger partial charge < -0.3 is 37.5 Å². The molecule has 2 aromatic rings. The number of aromatic amines is 1. The molecule has 1 aromatic heterocycles. The maximum Gasteiger partial charge on any atom is 0.326 e. The minimum Gasteiger partial charge on any atom is -0.480 e. The summed E-state index contributed by atoms with van der Waals surface area (Å²) in [4.78, 5) is 64.0. The molecule has 0 aliphatic heterocycles. The van der Waals surface area contributed by atoms with Crippen molar-refractivity contribution in [2.45, 2.75) is 51.2 Å². The van der Waals surface area contributed by atoms with Crippen molar-refractivity contribution in [1.82, 2.24) is 20.9 Å². The number of hydrogen-bond donors (Lipinski definition) is 7. The van der Waals surface area contributed by atoms with Crippen molar-refractivity contribution in [3.8, 4) is 0 Å². The number of amides is 4. The first-order valence-electron chi connectivity index (χ1n) is 11.2. The van der Waals surface area contributed by atoms with E-state index in [1.165, 1.54) is 0 Å². The van der Waals surface area contributed by atoms with E-state index in [2.05, 4.69) is 20.9 Å². The number of nitrogens with one attached hydrogen (secondary N) is 4. The molecule has 0 fully saturated rings. The van der Waals surface area contributed by atoms with Crippen LogP contribution in [0.2, 0.25) is 0 Å². The van der Waals surface area contributed by atoms with Crippen molar-refractivity contribution in [2.24, 2.45) is 17.4 Å². The van der Waals surface area contributed by atoms with Crippen molar-refractivity contribution in [2.75, 3.05) is 6.54 Å². The van der Waals surface area contributed by atoms with Crippen molar-refractivity contribution < 1.29 is 29.1 Å². The summed E-state index contributed by atoms with van der Waals surface area (Å²) in [5.74, 6) is -4.59. The van der Waals surface area contributed by atoms with Gasteiger partial charge in [-0.3, -0.25) is 19.2 Å². The third-order valence-corrected chi connectivity index (χ3v) is 5.75. The van der Waals surface area contributed by atoms with Gasteiger partial charge in [0.05, 0.1) is 13.0 Å². The smallest absolute Gasteiger partial charge is 0.326 e. The summed E-state index contributed by atoms with van der Waals surface area (Å²) in [7, 11) is 0. The molecular formula is C23H32N6O6. The zero-order chi connectivity index (χ0) is 26.1. The number of H-pyrrole nitrogens is 1. The molecule has 2 rings (SSSR count). The number of hydrogen-bond acceptors (Lipinski definition) is 6. The number of carbonyl (C=O) groups is 5. The van der Waals surface area contributed by atoms with Crippen LogP contribution in [0.25, 0.3) is 10.9 Å². The van der Waals surface area contributed by atoms with Gasteiger partial charge >= 0.3 is 5.97 Å². The molecule has 1 aromatic carbocycles. The van der Waals surface area contributed by atoms with Crippen molar-refractivity contribution >= 4 is 40.5 Å². The molecule has 0 bridgehead atoms. The second kappa shape index (κ2) is 12.5. The summed E-state index contributed by atoms with van der Waals surface area (Å²) in [6, 6.07) is 3.61. The van der Waals surface area contributed by atoms with Crippen LogP contribution in [0.5, 0.6) is 0 Å². The number of rotatable bonds is 13. The highest BCUT2D eigenvalue weighted by Crippen LogP contribution is 2.19. The van der Waals surface area contributed by atoms with Gasteiger partial charge in [-0.25, -0.2) is 4.79 Å². The molecule has 4 atom stereocenters. The summed E-state index contributed by atoms with van der Waals surface area (Å²) in [6.45, 7) is 3.30. The number of nitrogens with two attached hydrogens (primary N) is 2. The van der Waals surface area contributed by atoms with Gasteiger partial charge in [-0.05, 0) is 17.5 Å². The van der Waals surface area contributed by atoms with Crippen LogP contribution in [-0.4, -0.2) is 64.4 Å². The minimum absolute atomic E-state index is 0.0164. The zero-order valence-electron chi connectivity index (χ0n) is 19.7. The van der Waals surface area contributed by atoms with Gasteiger partial charge in [0, 0.05) is 23.5 Å². The van der Waals surface area contributed by atoms with Crippen LogP contribution in [-0.2, 0) is 30.4 Å². The average Bonchev–Trinajstić information content (AvgIpc) is 3.23. The first-order chi connectivity index (χ1) is 16.6. The number of carboxylic acid groups (broad SMARTS) is 1. The van der Waals surface area contributed by atoms with Crippen LogP contribution >= 0.6 is 0 Å². The highest BCUT2D eigenvalue weighted by atomic mass is 16.4. The number of primary amides is 1. The topological polar surface area (TPSA) is 209 Å². The fourth-order valence-electron chi connectivity index (χ4n) is 3.60. The number of carboxylic acids is 1. The molecule has 0 saturated heterocycles. The van der Waals surface area contributed by atoms with Gasteiger partial charge in [-0.1, -0.05) is 38.5 Å². The average molecular weight is 489 g/mol. The number of benzene rings is 1. The Kier molecular flexibility index (Phi) is 9.76. The standard InChI is InChI=1S/C23H32N6O6/c1-3-12(2)20(29-19(31)10-24)22(33)27-16(21(32)28-17(23(34)35)9-18(25)30)8-13-11-26-15-7-5-4-6-14(13)15/h4-7,11-12,16-17,20,26H,3,8-10,24H2,1-2H3,(H2,25,30)(H,27,33)(H,28,32)(H,29,31)(H,34,35). The Morgan fingerprint density at radius 2 is 1.69 bits per heavy atom. The first-order valence-corrected chi connectivity index (χ1v) is 11.2. The fraction of sp³-hybridized carbons (Fsp3) is 0.435. The van der Waals surface area contributed by atoms with Gasteiger partial charge in [0.2, 0.25) is 23.6 Å². The Morgan fingerprint density at radius 1 is 1.03 bits per heavy atom. The number of fused-ring (bicyclic) bond motifs is 1. The normalized spacial score (nSPS) is 14.4. The zero-order valence-corrected chi connectivity index (χ0v) is 19.7. The lowest BCUT2D eigenvalue weighted by molar-refractivity contribution is -0.143. The highest BCUT2D eigenvalue weighted by Gasteiger charge is 2.32. The predicted octanol–water partition coefficient (Wildman–Crippen LogP) is -0.870. The third-order valence-electron chi connectivity index (χ3n) is 5.75. The van der Waals surface area contributed by atoms with Crippen LogP contribution in [0.4, 0.5) is 0 Å². The van der Waals surface area contributed by atoms with E-state index in [4.69, 9.17) is 11.5 Å². The van der Waals surface area contributed by atoms with Crippen LogP contribution in [0.15, 0.2) is 30.5 Å². The van der Waals surface area contributed by atoms with E-state index in [-0.39, 0.29) is 18.9 Å². The molecule has 0 aliphatic rings. The molecule has 9 N–H and O–H groups in total. The molecule has 0 spiro atoms. The predicted molar refractivity (Wildman–Crippen MR) is 128 cm³/mol. The van der Waals surface area contributed by atoms with E-state index in [9.17, 15) is 29.1 Å². The second-order valence-electron chi connectivity index (χ2n) is 8.33. The molecule has 12 nitrogen and oxygen atoms in total. The maximum absolute atomic E-state index is 13.2. The lowest BCUT2D eigenvalue weighted by Crippen LogP contribution is -2.58. The van der Waals surface area contributed by atoms with Crippen LogP contribution < -0.4 is 27.4 Å². The Hall–Kier alpha value is -3.93. The lowest BCUT2D eigenvalue weighted by atomic mass is 9.97. The molecule has 12 heteroatoms. The summed E-state index contributed by atoms with van der Waals surface area (Å²) >= 11 is 0. The van der Waals surface area contributed by atoms with Gasteiger partial charge in [0.25, 0.3) is 0 Å². The number of carbonyl (C=O) groups excluding carboxylic acids is 4. The summed E-state index contributed by atoms with van der Waals surface area (Å²) in [5, 5.41) is 17.7. The number of para-hydroxylation sites is 1. The Bertz CT molecular complexity index is 1080. The molecule has 35 heavy (non-hydrogen) atoms. The fourth-order valence-corrected chi connectivity index (χ4v) is 3.60. The first kappa shape index (κ1) is 27.3. The molecule has 4 unspecified atom stereocenters. The van der Waals surface area contributed by atoms with Gasteiger partial charge in [0.1, 0.15) is 18.1 Å². The summed E-state index contributed by atoms with van der Waals surface area (Å²) in [5.41, 5.74) is 12.0. The van der Waals surface area contributed by atoms with Crippen molar-refractivity contribution in [3.05, 3.63) is 36.0 Å². The number of aromatic nitrogens is 1. The van der Waals surface area contributed by atoms with Crippen LogP contribution in [0.3, 0.4) is 0 Å². The quantitative estimate of drug-likeness (QED) is 0.189. The van der Waals surface area contributed by atoms with Gasteiger partial charge in [-0.2, -0.15) is 0 Å². The second-order valence-corrected chi connectivity index (χ2v) is 8.33. The lowest BCUT2D eigenvalue weighted by Gasteiger charge is -2.27. The SMILES string of the molecule is CCC(C)C(NC(=O)CN)C(=O)NC(Cc1c[nH]c2ccccc12)C(=O)NC(CC(N)=O)C(=O)O. The van der Waals surface area contributed by atoms with Crippen LogP contribution in [0, 0.1) is 5.92 Å². The summed E-state index contributed by atoms with van der Waals surface area (Å²) in [6.07, 6.45) is 1.65. The van der Waals surface area contributed by atoms with E-state index >= 15 is 0 Å². The molecule has 1 heterocycles. The van der Waals surface area contributed by atoms with E-state index < -0.39 is 54.1 Å². The largest absolute Gasteiger partial charge is 0.480 e. The highest BCUT2D eigenvalue weighted by molar-refractivity contribution is 5.95. The molecular weight excluding hydrogens is 456 g/mol.